The third kappa shape index (κ3) is 4.60. The fraction of sp³-hybridized carbons (Fsp3) is 0.611. The highest BCUT2D eigenvalue weighted by Gasteiger charge is 2.30. The second-order valence-electron chi connectivity index (χ2n) is 7.39. The van der Waals surface area contributed by atoms with Crippen molar-refractivity contribution in [3.63, 3.8) is 0 Å². The fourth-order valence-electron chi connectivity index (χ4n) is 3.95. The number of nitrogens with one attached hydrogen (secondary N) is 2. The lowest BCUT2D eigenvalue weighted by Crippen LogP contribution is -2.50. The Labute approximate surface area is 172 Å². The van der Waals surface area contributed by atoms with Crippen LogP contribution in [0.1, 0.15) is 12.8 Å². The van der Waals surface area contributed by atoms with E-state index in [1.54, 1.807) is 16.4 Å². The number of piperazine rings is 1. The first-order chi connectivity index (χ1) is 13.0. The number of hydrogen-bond donors (Lipinski definition) is 2. The molecule has 3 aliphatic heterocycles. The number of fused-ring (bicyclic) bond motifs is 1. The summed E-state index contributed by atoms with van der Waals surface area (Å²) < 4.78 is 32.8. The molecule has 28 heavy (non-hydrogen) atoms. The summed E-state index contributed by atoms with van der Waals surface area (Å²) in [4.78, 5) is 14.1. The molecular formula is C18H27ClN4O4S. The van der Waals surface area contributed by atoms with Crippen LogP contribution in [0.3, 0.4) is 0 Å². The Morgan fingerprint density at radius 1 is 1.11 bits per heavy atom. The van der Waals surface area contributed by atoms with E-state index in [2.05, 4.69) is 15.5 Å². The second kappa shape index (κ2) is 8.96. The van der Waals surface area contributed by atoms with Crippen molar-refractivity contribution >= 4 is 34.0 Å². The van der Waals surface area contributed by atoms with Crippen molar-refractivity contribution in [1.29, 1.82) is 0 Å². The van der Waals surface area contributed by atoms with Gasteiger partial charge in [0.2, 0.25) is 10.0 Å². The van der Waals surface area contributed by atoms with E-state index in [1.807, 2.05) is 0 Å². The summed E-state index contributed by atoms with van der Waals surface area (Å²) in [5.74, 6) is 0.933. The van der Waals surface area contributed by atoms with Crippen LogP contribution >= 0.6 is 12.4 Å². The average Bonchev–Trinajstić information content (AvgIpc) is 2.68. The molecule has 3 heterocycles. The number of ether oxygens (including phenoxy) is 1. The van der Waals surface area contributed by atoms with Crippen molar-refractivity contribution in [2.45, 2.75) is 17.7 Å². The number of hydrogen-bond acceptors (Lipinski definition) is 6. The van der Waals surface area contributed by atoms with E-state index >= 15 is 0 Å². The molecule has 0 bridgehead atoms. The van der Waals surface area contributed by atoms with Crippen molar-refractivity contribution in [1.82, 2.24) is 14.5 Å². The maximum Gasteiger partial charge on any atom is 0.262 e. The van der Waals surface area contributed by atoms with Crippen molar-refractivity contribution in [3.8, 4) is 5.75 Å². The Hall–Kier alpha value is -1.39. The maximum absolute atomic E-state index is 13.0. The van der Waals surface area contributed by atoms with Gasteiger partial charge in [0.05, 0.1) is 10.6 Å². The van der Waals surface area contributed by atoms with Gasteiger partial charge >= 0.3 is 0 Å². The van der Waals surface area contributed by atoms with Crippen LogP contribution < -0.4 is 15.4 Å². The molecule has 156 valence electrons. The van der Waals surface area contributed by atoms with Crippen LogP contribution in [-0.4, -0.2) is 76.0 Å². The number of piperidine rings is 1. The van der Waals surface area contributed by atoms with Crippen LogP contribution in [0.25, 0.3) is 0 Å². The summed E-state index contributed by atoms with van der Waals surface area (Å²) in [6.07, 6.45) is 2.39. The van der Waals surface area contributed by atoms with Gasteiger partial charge in [0, 0.05) is 32.7 Å². The van der Waals surface area contributed by atoms with Gasteiger partial charge in [-0.15, -0.1) is 12.4 Å². The minimum Gasteiger partial charge on any atom is -0.482 e. The molecule has 8 nitrogen and oxygen atoms in total. The largest absolute Gasteiger partial charge is 0.482 e. The van der Waals surface area contributed by atoms with E-state index in [0.29, 0.717) is 30.4 Å². The zero-order chi connectivity index (χ0) is 18.9. The number of benzene rings is 1. The zero-order valence-electron chi connectivity index (χ0n) is 15.7. The molecule has 2 N–H and O–H groups in total. The summed E-state index contributed by atoms with van der Waals surface area (Å²) in [7, 11) is -3.58. The molecule has 2 saturated heterocycles. The number of sulfonamides is 1. The SMILES string of the molecule is Cl.O=C1COc2ccc(S(=O)(=O)N3CCN(CC4CCNCC4)CC3)cc2N1. The summed E-state index contributed by atoms with van der Waals surface area (Å²) in [5, 5.41) is 6.05. The molecule has 0 radical (unpaired) electrons. The van der Waals surface area contributed by atoms with Gasteiger partial charge in [-0.05, 0) is 50.0 Å². The Balaban J connectivity index is 0.00000225. The summed E-state index contributed by atoms with van der Waals surface area (Å²) in [5.41, 5.74) is 0.414. The topological polar surface area (TPSA) is 91.0 Å². The van der Waals surface area contributed by atoms with Gasteiger partial charge in [-0.25, -0.2) is 8.42 Å². The first-order valence-electron chi connectivity index (χ1n) is 9.52. The number of anilines is 1. The molecule has 4 rings (SSSR count). The van der Waals surface area contributed by atoms with Crippen molar-refractivity contribution < 1.29 is 17.9 Å². The standard InChI is InChI=1S/C18H26N4O4S.ClH/c23-18-13-26-17-2-1-15(11-16(17)20-18)27(24,25)22-9-7-21(8-10-22)12-14-3-5-19-6-4-14;/h1-2,11,14,19H,3-10,12-13H2,(H,20,23);1H. The first-order valence-corrected chi connectivity index (χ1v) is 11.0. The monoisotopic (exact) mass is 430 g/mol. The lowest BCUT2D eigenvalue weighted by Gasteiger charge is -2.36. The zero-order valence-corrected chi connectivity index (χ0v) is 17.4. The fourth-order valence-corrected chi connectivity index (χ4v) is 5.40. The van der Waals surface area contributed by atoms with E-state index in [0.717, 1.165) is 32.7 Å². The molecule has 0 unspecified atom stereocenters. The Kier molecular flexibility index (Phi) is 6.82. The second-order valence-corrected chi connectivity index (χ2v) is 9.33. The molecule has 2 fully saturated rings. The number of halogens is 1. The van der Waals surface area contributed by atoms with Gasteiger partial charge in [0.15, 0.2) is 6.61 Å². The molecule has 1 amide bonds. The number of nitrogens with zero attached hydrogens (tertiary/aromatic N) is 2. The van der Waals surface area contributed by atoms with E-state index in [9.17, 15) is 13.2 Å². The van der Waals surface area contributed by atoms with Crippen LogP contribution in [0.15, 0.2) is 23.1 Å². The Bertz CT molecular complexity index is 806. The number of amides is 1. The molecule has 0 atom stereocenters. The van der Waals surface area contributed by atoms with Crippen molar-refractivity contribution in [2.24, 2.45) is 5.92 Å². The summed E-state index contributed by atoms with van der Waals surface area (Å²) in [6, 6.07) is 4.64. The molecular weight excluding hydrogens is 404 g/mol. The lowest BCUT2D eigenvalue weighted by atomic mass is 9.97. The molecule has 1 aromatic carbocycles. The number of rotatable bonds is 4. The van der Waals surface area contributed by atoms with E-state index in [1.165, 1.54) is 18.9 Å². The van der Waals surface area contributed by atoms with Crippen LogP contribution in [-0.2, 0) is 14.8 Å². The van der Waals surface area contributed by atoms with Crippen LogP contribution in [0, 0.1) is 5.92 Å². The van der Waals surface area contributed by atoms with E-state index in [4.69, 9.17) is 4.74 Å². The van der Waals surface area contributed by atoms with Crippen molar-refractivity contribution in [3.05, 3.63) is 18.2 Å². The molecule has 0 spiro atoms. The van der Waals surface area contributed by atoms with Crippen LogP contribution in [0.5, 0.6) is 5.75 Å². The van der Waals surface area contributed by atoms with Gasteiger partial charge in [0.1, 0.15) is 5.75 Å². The van der Waals surface area contributed by atoms with Gasteiger partial charge in [-0.1, -0.05) is 0 Å². The highest BCUT2D eigenvalue weighted by molar-refractivity contribution is 7.89. The molecule has 0 aliphatic carbocycles. The lowest BCUT2D eigenvalue weighted by molar-refractivity contribution is -0.118. The maximum atomic E-state index is 13.0. The van der Waals surface area contributed by atoms with Gasteiger partial charge in [-0.3, -0.25) is 4.79 Å². The average molecular weight is 431 g/mol. The minimum atomic E-state index is -3.58. The quantitative estimate of drug-likeness (QED) is 0.732. The Morgan fingerprint density at radius 3 is 2.54 bits per heavy atom. The molecule has 3 aliphatic rings. The number of carbonyl (C=O) groups excluding carboxylic acids is 1. The third-order valence-electron chi connectivity index (χ3n) is 5.53. The molecule has 10 heteroatoms. The van der Waals surface area contributed by atoms with Crippen LogP contribution in [0.4, 0.5) is 5.69 Å². The van der Waals surface area contributed by atoms with Gasteiger partial charge in [-0.2, -0.15) is 4.31 Å². The van der Waals surface area contributed by atoms with Crippen molar-refractivity contribution in [2.75, 3.05) is 57.7 Å². The van der Waals surface area contributed by atoms with Crippen LogP contribution in [0.2, 0.25) is 0 Å². The predicted molar refractivity (Wildman–Crippen MR) is 109 cm³/mol. The van der Waals surface area contributed by atoms with Gasteiger partial charge in [0.25, 0.3) is 5.91 Å². The normalized spacial score (nSPS) is 21.9. The molecule has 1 aromatic rings. The highest BCUT2D eigenvalue weighted by atomic mass is 35.5. The summed E-state index contributed by atoms with van der Waals surface area (Å²) in [6.45, 7) is 5.67. The molecule has 0 aromatic heterocycles. The minimum absolute atomic E-state index is 0. The predicted octanol–water partition coefficient (Wildman–Crippen LogP) is 0.745. The van der Waals surface area contributed by atoms with E-state index in [-0.39, 0.29) is 29.8 Å². The van der Waals surface area contributed by atoms with E-state index < -0.39 is 10.0 Å². The highest BCUT2D eigenvalue weighted by Crippen LogP contribution is 2.31. The smallest absolute Gasteiger partial charge is 0.262 e. The number of carbonyl (C=O) groups is 1. The first kappa shape index (κ1) is 21.3. The Morgan fingerprint density at radius 2 is 1.82 bits per heavy atom. The summed E-state index contributed by atoms with van der Waals surface area (Å²) >= 11 is 0. The molecule has 0 saturated carbocycles. The van der Waals surface area contributed by atoms with Gasteiger partial charge < -0.3 is 20.3 Å². The third-order valence-corrected chi connectivity index (χ3v) is 7.42.